The van der Waals surface area contributed by atoms with Gasteiger partial charge >= 0.3 is 0 Å². The lowest BCUT2D eigenvalue weighted by Gasteiger charge is -2.17. The minimum Gasteiger partial charge on any atom is -0.283 e. The van der Waals surface area contributed by atoms with E-state index in [1.165, 1.54) is 0 Å². The lowest BCUT2D eigenvalue weighted by molar-refractivity contribution is 0.550. The molecule has 1 aromatic carbocycles. The van der Waals surface area contributed by atoms with E-state index in [4.69, 9.17) is 0 Å². The Morgan fingerprint density at radius 2 is 1.56 bits per heavy atom. The van der Waals surface area contributed by atoms with Gasteiger partial charge in [-0.1, -0.05) is 31.5 Å². The first kappa shape index (κ1) is 13.0. The van der Waals surface area contributed by atoms with Crippen LogP contribution in [0.5, 0.6) is 0 Å². The second-order valence-corrected chi connectivity index (χ2v) is 6.50. The topological polar surface area (TPSA) is 46.2 Å². The third-order valence-electron chi connectivity index (χ3n) is 2.74. The lowest BCUT2D eigenvalue weighted by Crippen LogP contribution is -2.29. The van der Waals surface area contributed by atoms with Crippen molar-refractivity contribution in [2.45, 2.75) is 32.9 Å². The van der Waals surface area contributed by atoms with Gasteiger partial charge in [-0.25, -0.2) is 8.42 Å². The molecule has 3 nitrogen and oxygen atoms in total. The molecule has 90 valence electrons. The fraction of sp³-hybridized carbons (Fsp3) is 0.500. The quantitative estimate of drug-likeness (QED) is 0.881. The summed E-state index contributed by atoms with van der Waals surface area (Å²) in [5, 5.41) is -0.395. The predicted molar refractivity (Wildman–Crippen MR) is 68.0 cm³/mol. The molecule has 1 rings (SSSR count). The van der Waals surface area contributed by atoms with Crippen LogP contribution in [-0.2, 0) is 10.0 Å². The van der Waals surface area contributed by atoms with Crippen molar-refractivity contribution in [2.24, 2.45) is 5.92 Å². The van der Waals surface area contributed by atoms with Gasteiger partial charge in [-0.3, -0.25) is 4.72 Å². The summed E-state index contributed by atoms with van der Waals surface area (Å²) < 4.78 is 26.4. The van der Waals surface area contributed by atoms with Crippen molar-refractivity contribution in [1.82, 2.24) is 0 Å². The van der Waals surface area contributed by atoms with E-state index in [0.717, 1.165) is 5.56 Å². The van der Waals surface area contributed by atoms with E-state index < -0.39 is 15.3 Å². The molecule has 0 aliphatic carbocycles. The van der Waals surface area contributed by atoms with Gasteiger partial charge in [-0.05, 0) is 31.9 Å². The van der Waals surface area contributed by atoms with Crippen molar-refractivity contribution in [3.05, 3.63) is 29.8 Å². The lowest BCUT2D eigenvalue weighted by atomic mass is 10.2. The third-order valence-corrected chi connectivity index (χ3v) is 4.78. The van der Waals surface area contributed by atoms with E-state index in [1.807, 2.05) is 32.9 Å². The molecule has 16 heavy (non-hydrogen) atoms. The minimum atomic E-state index is -3.28. The molecule has 0 aliphatic rings. The van der Waals surface area contributed by atoms with Crippen LogP contribution in [0.15, 0.2) is 24.3 Å². The first-order valence-corrected chi connectivity index (χ1v) is 6.96. The predicted octanol–water partition coefficient (Wildman–Crippen LogP) is 2.78. The average Bonchev–Trinajstić information content (AvgIpc) is 2.20. The highest BCUT2D eigenvalue weighted by Crippen LogP contribution is 2.16. The van der Waals surface area contributed by atoms with Crippen LogP contribution >= 0.6 is 0 Å². The largest absolute Gasteiger partial charge is 0.283 e. The maximum Gasteiger partial charge on any atom is 0.235 e. The van der Waals surface area contributed by atoms with E-state index in [9.17, 15) is 8.42 Å². The maximum atomic E-state index is 11.9. The van der Waals surface area contributed by atoms with Gasteiger partial charge in [-0.15, -0.1) is 0 Å². The van der Waals surface area contributed by atoms with E-state index in [2.05, 4.69) is 4.72 Å². The van der Waals surface area contributed by atoms with Crippen molar-refractivity contribution in [2.75, 3.05) is 4.72 Å². The highest BCUT2D eigenvalue weighted by atomic mass is 32.2. The van der Waals surface area contributed by atoms with Gasteiger partial charge in [0.1, 0.15) is 0 Å². The Morgan fingerprint density at radius 1 is 1.06 bits per heavy atom. The Kier molecular flexibility index (Phi) is 3.97. The Morgan fingerprint density at radius 3 is 2.00 bits per heavy atom. The molecule has 1 aromatic rings. The Labute approximate surface area is 97.9 Å². The Balaban J connectivity index is 2.85. The molecule has 0 saturated heterocycles. The molecule has 1 atom stereocenters. The second-order valence-electron chi connectivity index (χ2n) is 4.46. The maximum absolute atomic E-state index is 11.9. The summed E-state index contributed by atoms with van der Waals surface area (Å²) in [6.45, 7) is 7.49. The van der Waals surface area contributed by atoms with Crippen molar-refractivity contribution in [1.29, 1.82) is 0 Å². The molecule has 0 radical (unpaired) electrons. The molecule has 0 aromatic heterocycles. The van der Waals surface area contributed by atoms with Gasteiger partial charge in [0.05, 0.1) is 5.25 Å². The summed E-state index contributed by atoms with van der Waals surface area (Å²) in [6, 6.07) is 7.33. The smallest absolute Gasteiger partial charge is 0.235 e. The molecule has 0 bridgehead atoms. The number of rotatable bonds is 4. The van der Waals surface area contributed by atoms with Gasteiger partial charge in [-0.2, -0.15) is 0 Å². The van der Waals surface area contributed by atoms with Crippen LogP contribution in [0.1, 0.15) is 26.3 Å². The SMILES string of the molecule is Cc1ccc(NS(=O)(=O)C(C)C(C)C)cc1. The summed E-state index contributed by atoms with van der Waals surface area (Å²) in [4.78, 5) is 0. The van der Waals surface area contributed by atoms with Crippen LogP contribution in [0.25, 0.3) is 0 Å². The van der Waals surface area contributed by atoms with Crippen LogP contribution in [0, 0.1) is 12.8 Å². The first-order chi connectivity index (χ1) is 7.33. The standard InChI is InChI=1S/C12H19NO2S/c1-9(2)11(4)16(14,15)13-12-7-5-10(3)6-8-12/h5-9,11,13H,1-4H3. The van der Waals surface area contributed by atoms with Crippen molar-refractivity contribution in [3.63, 3.8) is 0 Å². The normalized spacial score (nSPS) is 13.8. The van der Waals surface area contributed by atoms with Crippen molar-refractivity contribution in [3.8, 4) is 0 Å². The van der Waals surface area contributed by atoms with E-state index in [1.54, 1.807) is 19.1 Å². The molecule has 0 heterocycles. The Hall–Kier alpha value is -1.03. The monoisotopic (exact) mass is 241 g/mol. The van der Waals surface area contributed by atoms with Gasteiger partial charge in [0.2, 0.25) is 10.0 Å². The Bertz CT molecular complexity index is 435. The summed E-state index contributed by atoms with van der Waals surface area (Å²) in [5.41, 5.74) is 1.73. The van der Waals surface area contributed by atoms with Gasteiger partial charge in [0, 0.05) is 5.69 Å². The molecule has 1 unspecified atom stereocenters. The zero-order valence-corrected chi connectivity index (χ0v) is 11.0. The number of benzene rings is 1. The number of nitrogens with one attached hydrogen (secondary N) is 1. The molecule has 0 spiro atoms. The summed E-state index contributed by atoms with van der Waals surface area (Å²) in [7, 11) is -3.28. The number of hydrogen-bond donors (Lipinski definition) is 1. The third kappa shape index (κ3) is 3.23. The molecular formula is C12H19NO2S. The van der Waals surface area contributed by atoms with E-state index in [-0.39, 0.29) is 5.92 Å². The number of sulfonamides is 1. The molecule has 1 N–H and O–H groups in total. The average molecular weight is 241 g/mol. The van der Waals surface area contributed by atoms with Crippen molar-refractivity contribution >= 4 is 15.7 Å². The molecule has 4 heteroatoms. The van der Waals surface area contributed by atoms with Crippen molar-refractivity contribution < 1.29 is 8.42 Å². The second kappa shape index (κ2) is 4.87. The van der Waals surface area contributed by atoms with E-state index >= 15 is 0 Å². The fourth-order valence-corrected chi connectivity index (χ4v) is 2.60. The molecule has 0 saturated carbocycles. The zero-order chi connectivity index (χ0) is 12.3. The highest BCUT2D eigenvalue weighted by molar-refractivity contribution is 7.93. The number of hydrogen-bond acceptors (Lipinski definition) is 2. The first-order valence-electron chi connectivity index (χ1n) is 5.41. The summed E-state index contributed by atoms with van der Waals surface area (Å²) >= 11 is 0. The number of aryl methyl sites for hydroxylation is 1. The van der Waals surface area contributed by atoms with Gasteiger partial charge < -0.3 is 0 Å². The fourth-order valence-electron chi connectivity index (χ4n) is 1.24. The van der Waals surface area contributed by atoms with E-state index in [0.29, 0.717) is 5.69 Å². The minimum absolute atomic E-state index is 0.1000. The van der Waals surface area contributed by atoms with Crippen LogP contribution in [-0.4, -0.2) is 13.7 Å². The van der Waals surface area contributed by atoms with Crippen LogP contribution < -0.4 is 4.72 Å². The van der Waals surface area contributed by atoms with Gasteiger partial charge in [0.25, 0.3) is 0 Å². The molecule has 0 aliphatic heterocycles. The molecule has 0 fully saturated rings. The molecule has 0 amide bonds. The zero-order valence-electron chi connectivity index (χ0n) is 10.2. The highest BCUT2D eigenvalue weighted by Gasteiger charge is 2.23. The molecular weight excluding hydrogens is 222 g/mol. The summed E-state index contributed by atoms with van der Waals surface area (Å²) in [5.74, 6) is 0.1000. The van der Waals surface area contributed by atoms with Gasteiger partial charge in [0.15, 0.2) is 0 Å². The van der Waals surface area contributed by atoms with Crippen LogP contribution in [0.4, 0.5) is 5.69 Å². The number of anilines is 1. The van der Waals surface area contributed by atoms with Crippen LogP contribution in [0.3, 0.4) is 0 Å². The van der Waals surface area contributed by atoms with Crippen LogP contribution in [0.2, 0.25) is 0 Å². The summed E-state index contributed by atoms with van der Waals surface area (Å²) in [6.07, 6.45) is 0.